The lowest BCUT2D eigenvalue weighted by molar-refractivity contribution is 0.104. The van der Waals surface area contributed by atoms with Crippen molar-refractivity contribution in [3.05, 3.63) is 33.8 Å². The number of ether oxygens (including phenoxy) is 1. The lowest BCUT2D eigenvalue weighted by Crippen LogP contribution is -2.45. The highest BCUT2D eigenvalue weighted by molar-refractivity contribution is 6.30. The van der Waals surface area contributed by atoms with Crippen molar-refractivity contribution in [1.29, 1.82) is 0 Å². The predicted molar refractivity (Wildman–Crippen MR) is 105 cm³/mol. The lowest BCUT2D eigenvalue weighted by Gasteiger charge is -2.35. The molecule has 0 spiro atoms. The molecule has 7 nitrogen and oxygen atoms in total. The average Bonchev–Trinajstić information content (AvgIpc) is 3.35. The highest BCUT2D eigenvalue weighted by atomic mass is 35.5. The Morgan fingerprint density at radius 2 is 2.00 bits per heavy atom. The molecular formula is C20H26ClN3O4. The van der Waals surface area contributed by atoms with Crippen LogP contribution in [0, 0.1) is 0 Å². The van der Waals surface area contributed by atoms with Gasteiger partial charge in [-0.2, -0.15) is 0 Å². The molecule has 1 aromatic rings. The normalized spacial score (nSPS) is 24.6. The van der Waals surface area contributed by atoms with E-state index in [2.05, 4.69) is 0 Å². The number of carbonyl (C=O) groups is 2. The number of methoxy groups -OCH3 is 1. The van der Waals surface area contributed by atoms with Crippen LogP contribution in [-0.4, -0.2) is 71.3 Å². The SMILES string of the molecule is COC1CCN(C(=O)N2CCc3cc(Cl)cc(C4CCCN4C(=O)O)c3C2)C1. The minimum atomic E-state index is -0.900. The van der Waals surface area contributed by atoms with Crippen molar-refractivity contribution >= 4 is 23.7 Å². The average molecular weight is 408 g/mol. The van der Waals surface area contributed by atoms with Crippen LogP contribution in [0.5, 0.6) is 0 Å². The van der Waals surface area contributed by atoms with E-state index >= 15 is 0 Å². The molecule has 0 aromatic heterocycles. The Kier molecular flexibility index (Phi) is 5.38. The van der Waals surface area contributed by atoms with Crippen LogP contribution >= 0.6 is 11.6 Å². The fourth-order valence-electron chi connectivity index (χ4n) is 4.73. The van der Waals surface area contributed by atoms with Gasteiger partial charge in [0, 0.05) is 44.9 Å². The molecule has 152 valence electrons. The zero-order chi connectivity index (χ0) is 19.8. The number of urea groups is 1. The molecule has 2 saturated heterocycles. The van der Waals surface area contributed by atoms with Gasteiger partial charge >= 0.3 is 12.1 Å². The van der Waals surface area contributed by atoms with Crippen LogP contribution in [0.2, 0.25) is 5.02 Å². The van der Waals surface area contributed by atoms with Gasteiger partial charge in [0.05, 0.1) is 12.1 Å². The fourth-order valence-corrected chi connectivity index (χ4v) is 4.98. The first-order valence-corrected chi connectivity index (χ1v) is 10.2. The number of halogens is 1. The molecule has 0 aliphatic carbocycles. The van der Waals surface area contributed by atoms with E-state index in [4.69, 9.17) is 16.3 Å². The topological polar surface area (TPSA) is 73.3 Å². The molecule has 28 heavy (non-hydrogen) atoms. The van der Waals surface area contributed by atoms with Crippen LogP contribution in [0.4, 0.5) is 9.59 Å². The first-order valence-electron chi connectivity index (χ1n) is 9.85. The number of hydrogen-bond acceptors (Lipinski definition) is 3. The van der Waals surface area contributed by atoms with Gasteiger partial charge in [-0.1, -0.05) is 11.6 Å². The standard InChI is InChI=1S/C20H26ClN3O4/c1-28-15-5-8-22(11-15)19(25)23-7-4-13-9-14(21)10-16(17(13)12-23)18-3-2-6-24(18)20(26)27/h9-10,15,18H,2-8,11-12H2,1H3,(H,26,27). The van der Waals surface area contributed by atoms with Gasteiger partial charge in [-0.3, -0.25) is 0 Å². The number of nitrogens with zero attached hydrogens (tertiary/aromatic N) is 3. The second-order valence-corrected chi connectivity index (χ2v) is 8.25. The van der Waals surface area contributed by atoms with Crippen LogP contribution in [0.25, 0.3) is 0 Å². The molecule has 4 rings (SSSR count). The van der Waals surface area contributed by atoms with E-state index in [1.165, 1.54) is 4.90 Å². The quantitative estimate of drug-likeness (QED) is 0.815. The Hall–Kier alpha value is -1.99. The smallest absolute Gasteiger partial charge is 0.407 e. The Balaban J connectivity index is 1.59. The summed E-state index contributed by atoms with van der Waals surface area (Å²) in [5.74, 6) is 0. The van der Waals surface area contributed by atoms with Gasteiger partial charge < -0.3 is 24.5 Å². The number of fused-ring (bicyclic) bond motifs is 1. The molecule has 1 aromatic carbocycles. The van der Waals surface area contributed by atoms with Crippen LogP contribution in [0.3, 0.4) is 0 Å². The second kappa shape index (κ2) is 7.79. The van der Waals surface area contributed by atoms with E-state index in [1.54, 1.807) is 7.11 Å². The molecule has 8 heteroatoms. The maximum atomic E-state index is 13.0. The summed E-state index contributed by atoms with van der Waals surface area (Å²) in [6.45, 7) is 3.02. The number of carbonyl (C=O) groups excluding carboxylic acids is 1. The zero-order valence-corrected chi connectivity index (χ0v) is 16.8. The third-order valence-corrected chi connectivity index (χ3v) is 6.44. The molecule has 3 heterocycles. The van der Waals surface area contributed by atoms with Crippen molar-refractivity contribution in [2.75, 3.05) is 33.3 Å². The lowest BCUT2D eigenvalue weighted by atomic mass is 9.90. The summed E-state index contributed by atoms with van der Waals surface area (Å²) in [5, 5.41) is 10.2. The number of benzene rings is 1. The second-order valence-electron chi connectivity index (χ2n) is 7.81. The van der Waals surface area contributed by atoms with E-state index in [0.29, 0.717) is 37.7 Å². The number of amides is 3. The third-order valence-electron chi connectivity index (χ3n) is 6.22. The van der Waals surface area contributed by atoms with E-state index in [0.717, 1.165) is 42.4 Å². The van der Waals surface area contributed by atoms with Crippen molar-refractivity contribution in [3.63, 3.8) is 0 Å². The van der Waals surface area contributed by atoms with Gasteiger partial charge in [0.1, 0.15) is 0 Å². The van der Waals surface area contributed by atoms with Crippen LogP contribution < -0.4 is 0 Å². The van der Waals surface area contributed by atoms with Gasteiger partial charge in [0.15, 0.2) is 0 Å². The largest absolute Gasteiger partial charge is 0.465 e. The summed E-state index contributed by atoms with van der Waals surface area (Å²) in [7, 11) is 1.68. The van der Waals surface area contributed by atoms with Gasteiger partial charge in [0.2, 0.25) is 0 Å². The molecular weight excluding hydrogens is 382 g/mol. The highest BCUT2D eigenvalue weighted by Crippen LogP contribution is 2.38. The number of rotatable bonds is 2. The molecule has 3 aliphatic rings. The van der Waals surface area contributed by atoms with Crippen molar-refractivity contribution in [2.24, 2.45) is 0 Å². The van der Waals surface area contributed by atoms with Crippen molar-refractivity contribution < 1.29 is 19.4 Å². The number of hydrogen-bond donors (Lipinski definition) is 1. The minimum Gasteiger partial charge on any atom is -0.465 e. The molecule has 0 saturated carbocycles. The Morgan fingerprint density at radius 1 is 1.18 bits per heavy atom. The molecule has 2 atom stereocenters. The molecule has 0 radical (unpaired) electrons. The maximum absolute atomic E-state index is 13.0. The highest BCUT2D eigenvalue weighted by Gasteiger charge is 2.35. The Morgan fingerprint density at radius 3 is 2.71 bits per heavy atom. The summed E-state index contributed by atoms with van der Waals surface area (Å²) in [6, 6.07) is 3.69. The van der Waals surface area contributed by atoms with Crippen LogP contribution in [0.15, 0.2) is 12.1 Å². The molecule has 3 amide bonds. The first-order chi connectivity index (χ1) is 13.5. The van der Waals surface area contributed by atoms with Gasteiger partial charge in [-0.15, -0.1) is 0 Å². The molecule has 1 N–H and O–H groups in total. The summed E-state index contributed by atoms with van der Waals surface area (Å²) in [4.78, 5) is 29.9. The molecule has 2 unspecified atom stereocenters. The first kappa shape index (κ1) is 19.3. The number of carboxylic acid groups (broad SMARTS) is 1. The van der Waals surface area contributed by atoms with Gasteiger partial charge in [0.25, 0.3) is 0 Å². The minimum absolute atomic E-state index is 0.0348. The van der Waals surface area contributed by atoms with Crippen molar-refractivity contribution in [2.45, 2.75) is 44.4 Å². The molecule has 2 fully saturated rings. The van der Waals surface area contributed by atoms with Crippen molar-refractivity contribution in [1.82, 2.24) is 14.7 Å². The summed E-state index contributed by atoms with van der Waals surface area (Å²) >= 11 is 6.35. The monoisotopic (exact) mass is 407 g/mol. The molecule has 3 aliphatic heterocycles. The summed E-state index contributed by atoms with van der Waals surface area (Å²) in [6.07, 6.45) is 2.43. The van der Waals surface area contributed by atoms with E-state index in [-0.39, 0.29) is 18.2 Å². The fraction of sp³-hybridized carbons (Fsp3) is 0.600. The van der Waals surface area contributed by atoms with Crippen molar-refractivity contribution in [3.8, 4) is 0 Å². The third kappa shape index (κ3) is 3.53. The molecule has 0 bridgehead atoms. The van der Waals surface area contributed by atoms with Crippen LogP contribution in [0.1, 0.15) is 42.0 Å². The van der Waals surface area contributed by atoms with Crippen LogP contribution in [-0.2, 0) is 17.7 Å². The summed E-state index contributed by atoms with van der Waals surface area (Å²) < 4.78 is 5.38. The van der Waals surface area contributed by atoms with E-state index in [9.17, 15) is 14.7 Å². The predicted octanol–water partition coefficient (Wildman–Crippen LogP) is 3.35. The van der Waals surface area contributed by atoms with Gasteiger partial charge in [-0.25, -0.2) is 9.59 Å². The number of likely N-dealkylation sites (tertiary alicyclic amines) is 2. The zero-order valence-electron chi connectivity index (χ0n) is 16.1. The van der Waals surface area contributed by atoms with E-state index < -0.39 is 6.09 Å². The Bertz CT molecular complexity index is 787. The van der Waals surface area contributed by atoms with E-state index in [1.807, 2.05) is 21.9 Å². The maximum Gasteiger partial charge on any atom is 0.407 e. The Labute approximate surface area is 169 Å². The van der Waals surface area contributed by atoms with Gasteiger partial charge in [-0.05, 0) is 54.5 Å². The summed E-state index contributed by atoms with van der Waals surface area (Å²) in [5.41, 5.74) is 3.14.